The van der Waals surface area contributed by atoms with E-state index in [0.29, 0.717) is 35.2 Å². The number of rotatable bonds is 8. The van der Waals surface area contributed by atoms with Gasteiger partial charge in [0, 0.05) is 18.7 Å². The van der Waals surface area contributed by atoms with Crippen LogP contribution < -0.4 is 24.2 Å². The number of benzene rings is 2. The van der Waals surface area contributed by atoms with E-state index in [2.05, 4.69) is 20.3 Å². The summed E-state index contributed by atoms with van der Waals surface area (Å²) in [6.45, 7) is 2.32. The van der Waals surface area contributed by atoms with E-state index >= 15 is 0 Å². The Bertz CT molecular complexity index is 1250. The highest BCUT2D eigenvalue weighted by Gasteiger charge is 2.20. The summed E-state index contributed by atoms with van der Waals surface area (Å²) in [6, 6.07) is 9.60. The topological polar surface area (TPSA) is 95.6 Å². The molecule has 166 valence electrons. The largest absolute Gasteiger partial charge is 0.496 e. The van der Waals surface area contributed by atoms with Gasteiger partial charge in [0.05, 0.1) is 39.8 Å². The molecule has 0 atom stereocenters. The van der Waals surface area contributed by atoms with Gasteiger partial charge in [-0.15, -0.1) is 0 Å². The Kier molecular flexibility index (Phi) is 5.54. The van der Waals surface area contributed by atoms with Crippen LogP contribution in [0.2, 0.25) is 0 Å². The molecule has 0 saturated heterocycles. The van der Waals surface area contributed by atoms with Crippen molar-refractivity contribution in [1.29, 1.82) is 0 Å². The van der Waals surface area contributed by atoms with Crippen molar-refractivity contribution in [2.24, 2.45) is 0 Å². The number of hydrogen-bond acceptors (Lipinski definition) is 9. The molecule has 0 amide bonds. The zero-order chi connectivity index (χ0) is 22.1. The zero-order valence-electron chi connectivity index (χ0n) is 18.0. The zero-order valence-corrected chi connectivity index (χ0v) is 18.8. The lowest BCUT2D eigenvalue weighted by Gasteiger charge is -2.12. The van der Waals surface area contributed by atoms with Crippen LogP contribution in [0.3, 0.4) is 0 Å². The van der Waals surface area contributed by atoms with E-state index < -0.39 is 0 Å². The van der Waals surface area contributed by atoms with E-state index in [1.54, 1.807) is 21.3 Å². The van der Waals surface area contributed by atoms with Gasteiger partial charge in [-0.05, 0) is 41.8 Å². The summed E-state index contributed by atoms with van der Waals surface area (Å²) < 4.78 is 27.5. The Hall–Kier alpha value is -3.37. The third-order valence-electron chi connectivity index (χ3n) is 5.43. The summed E-state index contributed by atoms with van der Waals surface area (Å²) in [5.41, 5.74) is 4.12. The molecule has 0 aliphatic carbocycles. The molecule has 0 radical (unpaired) electrons. The summed E-state index contributed by atoms with van der Waals surface area (Å²) in [7, 11) is 4.89. The van der Waals surface area contributed by atoms with E-state index in [9.17, 15) is 0 Å². The fraction of sp³-hybridized carbons (Fsp3) is 0.273. The summed E-state index contributed by atoms with van der Waals surface area (Å²) in [4.78, 5) is 0.811. The molecule has 5 rings (SSSR count). The molecular formula is C22H23N5O4S. The van der Waals surface area contributed by atoms with E-state index in [1.165, 1.54) is 23.2 Å². The minimum absolute atomic E-state index is 0.561. The molecule has 2 N–H and O–H groups in total. The maximum atomic E-state index is 5.68. The maximum Gasteiger partial charge on any atom is 0.191 e. The first-order valence-corrected chi connectivity index (χ1v) is 10.9. The number of hydrogen-bond donors (Lipinski definition) is 2. The van der Waals surface area contributed by atoms with Crippen LogP contribution in [-0.4, -0.2) is 36.3 Å². The molecule has 1 aliphatic heterocycles. The van der Waals surface area contributed by atoms with Crippen molar-refractivity contribution in [3.8, 4) is 17.2 Å². The lowest BCUT2D eigenvalue weighted by molar-refractivity contribution is 0.376. The normalized spacial score (nSPS) is 12.7. The summed E-state index contributed by atoms with van der Waals surface area (Å²) in [5.74, 6) is 2.64. The summed E-state index contributed by atoms with van der Waals surface area (Å²) in [6.07, 6.45) is 1.92. The lowest BCUT2D eigenvalue weighted by atomic mass is 10.1. The Labute approximate surface area is 189 Å². The Morgan fingerprint density at radius 2 is 1.88 bits per heavy atom. The highest BCUT2D eigenvalue weighted by molar-refractivity contribution is 8.00. The van der Waals surface area contributed by atoms with Crippen LogP contribution in [0.15, 0.2) is 45.9 Å². The molecule has 0 bridgehead atoms. The van der Waals surface area contributed by atoms with Crippen molar-refractivity contribution < 1.29 is 18.7 Å². The highest BCUT2D eigenvalue weighted by atomic mass is 32.2. The van der Waals surface area contributed by atoms with Gasteiger partial charge in [0.15, 0.2) is 11.4 Å². The molecule has 0 spiro atoms. The molecule has 32 heavy (non-hydrogen) atoms. The van der Waals surface area contributed by atoms with Crippen LogP contribution in [0.1, 0.15) is 16.8 Å². The van der Waals surface area contributed by atoms with Gasteiger partial charge in [-0.2, -0.15) is 5.10 Å². The van der Waals surface area contributed by atoms with Gasteiger partial charge in [0.25, 0.3) is 0 Å². The molecule has 2 aromatic carbocycles. The Balaban J connectivity index is 1.43. The van der Waals surface area contributed by atoms with Crippen molar-refractivity contribution in [2.75, 3.05) is 26.1 Å². The first kappa shape index (κ1) is 20.5. The number of nitrogens with one attached hydrogen (secondary N) is 2. The van der Waals surface area contributed by atoms with Crippen LogP contribution in [0.25, 0.3) is 11.0 Å². The van der Waals surface area contributed by atoms with Gasteiger partial charge < -0.3 is 28.8 Å². The monoisotopic (exact) mass is 453 g/mol. The van der Waals surface area contributed by atoms with E-state index in [0.717, 1.165) is 28.9 Å². The first-order valence-electron chi connectivity index (χ1n) is 10.1. The highest BCUT2D eigenvalue weighted by Crippen LogP contribution is 2.40. The van der Waals surface area contributed by atoms with E-state index in [-0.39, 0.29) is 0 Å². The van der Waals surface area contributed by atoms with Crippen LogP contribution in [-0.2, 0) is 19.6 Å². The average Bonchev–Trinajstić information content (AvgIpc) is 3.54. The van der Waals surface area contributed by atoms with Crippen LogP contribution >= 0.6 is 11.9 Å². The number of aromatic nitrogens is 3. The fourth-order valence-corrected chi connectivity index (χ4v) is 4.70. The maximum absolute atomic E-state index is 5.68. The lowest BCUT2D eigenvalue weighted by Crippen LogP contribution is -2.09. The molecule has 2 aromatic heterocycles. The number of methoxy groups -OCH3 is 3. The van der Waals surface area contributed by atoms with Crippen LogP contribution in [0.4, 0.5) is 5.82 Å². The van der Waals surface area contributed by atoms with Gasteiger partial charge in [-0.3, -0.25) is 4.68 Å². The molecular weight excluding hydrogens is 430 g/mol. The summed E-state index contributed by atoms with van der Waals surface area (Å²) in [5, 5.41) is 12.9. The second-order valence-electron chi connectivity index (χ2n) is 7.28. The predicted molar refractivity (Wildman–Crippen MR) is 121 cm³/mol. The minimum Gasteiger partial charge on any atom is -0.496 e. The Morgan fingerprint density at radius 1 is 1.09 bits per heavy atom. The van der Waals surface area contributed by atoms with Gasteiger partial charge in [0.1, 0.15) is 27.5 Å². The molecule has 9 nitrogen and oxygen atoms in total. The molecule has 4 aromatic rings. The van der Waals surface area contributed by atoms with Gasteiger partial charge in [-0.1, -0.05) is 11.2 Å². The number of nitrogens with zero attached hydrogens (tertiary/aromatic N) is 3. The third-order valence-corrected chi connectivity index (χ3v) is 6.33. The molecule has 0 fully saturated rings. The van der Waals surface area contributed by atoms with Gasteiger partial charge in [0.2, 0.25) is 0 Å². The molecule has 3 heterocycles. The number of ether oxygens (including phenoxy) is 3. The van der Waals surface area contributed by atoms with Crippen molar-refractivity contribution in [2.45, 2.75) is 24.5 Å². The fourth-order valence-electron chi connectivity index (χ4n) is 3.86. The predicted octanol–water partition coefficient (Wildman–Crippen LogP) is 3.82. The minimum atomic E-state index is 0.561. The Morgan fingerprint density at radius 3 is 2.62 bits per heavy atom. The van der Waals surface area contributed by atoms with Gasteiger partial charge >= 0.3 is 0 Å². The standard InChI is InChI=1S/C22H23N5O4S/c1-28-16-5-4-6-17(29-2)21(16)32-26-22-20-18(30-3)7-13(8-19(20)31-25-22)12-27-15-11-23-9-14(15)10-24-27/h4-8,10,23H,9,11-12H2,1-3H3,(H,25,26). The second kappa shape index (κ2) is 8.64. The molecule has 0 saturated carbocycles. The van der Waals surface area contributed by atoms with Crippen molar-refractivity contribution in [3.63, 3.8) is 0 Å². The van der Waals surface area contributed by atoms with Crippen LogP contribution in [0.5, 0.6) is 17.2 Å². The van der Waals surface area contributed by atoms with Gasteiger partial charge in [-0.25, -0.2) is 0 Å². The van der Waals surface area contributed by atoms with Crippen molar-refractivity contribution >= 4 is 28.7 Å². The van der Waals surface area contributed by atoms with Crippen molar-refractivity contribution in [1.82, 2.24) is 20.3 Å². The number of anilines is 1. The average molecular weight is 454 g/mol. The molecule has 10 heteroatoms. The van der Waals surface area contributed by atoms with E-state index in [4.69, 9.17) is 18.7 Å². The quantitative estimate of drug-likeness (QED) is 0.386. The smallest absolute Gasteiger partial charge is 0.191 e. The van der Waals surface area contributed by atoms with E-state index in [1.807, 2.05) is 41.2 Å². The second-order valence-corrected chi connectivity index (χ2v) is 8.09. The van der Waals surface area contributed by atoms with Crippen LogP contribution in [0, 0.1) is 0 Å². The summed E-state index contributed by atoms with van der Waals surface area (Å²) >= 11 is 1.34. The third kappa shape index (κ3) is 3.61. The molecule has 1 aliphatic rings. The SMILES string of the molecule is COc1cccc(OC)c1SNc1noc2cc(Cn3ncc4c3CNC4)cc(OC)c12. The first-order chi connectivity index (χ1) is 15.7. The molecule has 0 unspecified atom stereocenters. The van der Waals surface area contributed by atoms with Crippen molar-refractivity contribution in [3.05, 3.63) is 53.3 Å². The number of fused-ring (bicyclic) bond motifs is 2.